The van der Waals surface area contributed by atoms with Crippen molar-refractivity contribution in [3.63, 3.8) is 0 Å². The molecule has 2 heterocycles. The number of fused-ring (bicyclic) bond motifs is 6. The summed E-state index contributed by atoms with van der Waals surface area (Å²) in [5.74, 6) is -11.3. The van der Waals surface area contributed by atoms with Crippen LogP contribution in [0.2, 0.25) is 0 Å². The third-order valence-corrected chi connectivity index (χ3v) is 14.3. The van der Waals surface area contributed by atoms with Crippen molar-refractivity contribution in [2.45, 2.75) is 33.9 Å². The first-order valence-corrected chi connectivity index (χ1v) is 24.2. The molecule has 10 aromatic carbocycles. The van der Waals surface area contributed by atoms with E-state index in [0.29, 0.717) is 65.9 Å². The number of hydrogen-bond acceptors (Lipinski definition) is 0. The summed E-state index contributed by atoms with van der Waals surface area (Å²) >= 11 is 0. The zero-order valence-corrected chi connectivity index (χ0v) is 40.7. The molecule has 0 bridgehead atoms. The Morgan fingerprint density at radius 2 is 0.560 bits per heavy atom. The van der Waals surface area contributed by atoms with Crippen molar-refractivity contribution in [1.29, 1.82) is 0 Å². The van der Waals surface area contributed by atoms with Crippen LogP contribution < -0.4 is 0 Å². The molecule has 0 saturated heterocycles. The number of benzene rings is 10. The summed E-state index contributed by atoms with van der Waals surface area (Å²) in [6.07, 6.45) is -5.24. The first kappa shape index (κ1) is 47.3. The largest absolute Gasteiger partial charge is 0.420 e. The summed E-state index contributed by atoms with van der Waals surface area (Å²) in [4.78, 5) is 0. The molecule has 75 heavy (non-hydrogen) atoms. The van der Waals surface area contributed by atoms with Crippen LogP contribution in [0.3, 0.4) is 0 Å². The molecule has 0 atom stereocenters. The van der Waals surface area contributed by atoms with Crippen molar-refractivity contribution in [3.8, 4) is 67.0 Å². The number of nitrogens with zero attached hydrogens (tertiary/aromatic N) is 2. The summed E-state index contributed by atoms with van der Waals surface area (Å²) in [6.45, 7) is 7.71. The maximum atomic E-state index is 17.2. The third-order valence-electron chi connectivity index (χ3n) is 14.3. The van der Waals surface area contributed by atoms with E-state index in [-0.39, 0.29) is 0 Å². The maximum absolute atomic E-state index is 17.2. The van der Waals surface area contributed by atoms with Crippen molar-refractivity contribution in [2.24, 2.45) is 0 Å². The van der Waals surface area contributed by atoms with Crippen LogP contribution in [0.4, 0.5) is 35.1 Å². The van der Waals surface area contributed by atoms with Crippen LogP contribution in [0.25, 0.3) is 111 Å². The molecule has 0 aliphatic carbocycles. The number of rotatable bonds is 7. The molecule has 2 aromatic heterocycles. The van der Waals surface area contributed by atoms with Gasteiger partial charge in [-0.2, -0.15) is 13.2 Å². The molecular formula is C65H42F8N2. The molecule has 10 heteroatoms. The Morgan fingerprint density at radius 1 is 0.293 bits per heavy atom. The van der Waals surface area contributed by atoms with Gasteiger partial charge in [0.1, 0.15) is 5.56 Å². The summed E-state index contributed by atoms with van der Waals surface area (Å²) < 4.78 is 133. The van der Waals surface area contributed by atoms with Gasteiger partial charge in [-0.25, -0.2) is 22.0 Å². The zero-order valence-electron chi connectivity index (χ0n) is 40.7. The molecule has 368 valence electrons. The molecule has 0 unspecified atom stereocenters. The van der Waals surface area contributed by atoms with E-state index in [1.54, 1.807) is 24.3 Å². The quantitative estimate of drug-likeness (QED) is 0.0855. The zero-order chi connectivity index (χ0) is 52.2. The van der Waals surface area contributed by atoms with Crippen molar-refractivity contribution in [1.82, 2.24) is 9.13 Å². The number of hydrogen-bond donors (Lipinski definition) is 0. The van der Waals surface area contributed by atoms with Gasteiger partial charge < -0.3 is 9.13 Å². The van der Waals surface area contributed by atoms with Crippen LogP contribution in [-0.4, -0.2) is 9.13 Å². The minimum absolute atomic E-state index is 0.294. The molecule has 2 nitrogen and oxygen atoms in total. The van der Waals surface area contributed by atoms with E-state index in [1.807, 2.05) is 173 Å². The van der Waals surface area contributed by atoms with Gasteiger partial charge in [0.25, 0.3) is 0 Å². The summed E-state index contributed by atoms with van der Waals surface area (Å²) in [5, 5.41) is 2.21. The second-order valence-electron chi connectivity index (χ2n) is 19.4. The first-order chi connectivity index (χ1) is 36.0. The Bertz CT molecular complexity index is 3880. The molecule has 0 amide bonds. The lowest BCUT2D eigenvalue weighted by atomic mass is 9.97. The van der Waals surface area contributed by atoms with Crippen molar-refractivity contribution in [2.75, 3.05) is 0 Å². The summed E-state index contributed by atoms with van der Waals surface area (Å²) in [6, 6.07) is 54.2. The number of aryl methyl sites for hydroxylation is 4. The number of alkyl halides is 3. The third kappa shape index (κ3) is 7.94. The fraction of sp³-hybridized carbons (Fsp3) is 0.0769. The molecule has 0 radical (unpaired) electrons. The molecule has 0 aliphatic rings. The van der Waals surface area contributed by atoms with Crippen LogP contribution in [-0.2, 0) is 6.18 Å². The van der Waals surface area contributed by atoms with Gasteiger partial charge in [-0.05, 0) is 114 Å². The van der Waals surface area contributed by atoms with Gasteiger partial charge in [0.05, 0.1) is 39.0 Å². The smallest absolute Gasteiger partial charge is 0.308 e. The number of halogens is 8. The van der Waals surface area contributed by atoms with Crippen molar-refractivity contribution >= 4 is 43.6 Å². The molecule has 0 fully saturated rings. The van der Waals surface area contributed by atoms with Gasteiger partial charge in [-0.3, -0.25) is 0 Å². The highest BCUT2D eigenvalue weighted by Crippen LogP contribution is 2.49. The lowest BCUT2D eigenvalue weighted by molar-refractivity contribution is -0.137. The monoisotopic (exact) mass is 1000 g/mol. The first-order valence-electron chi connectivity index (χ1n) is 24.2. The Morgan fingerprint density at radius 3 is 0.827 bits per heavy atom. The van der Waals surface area contributed by atoms with E-state index >= 15 is 30.7 Å². The lowest BCUT2D eigenvalue weighted by Gasteiger charge is -2.24. The molecule has 0 saturated carbocycles. The predicted octanol–water partition coefficient (Wildman–Crippen LogP) is 19.2. The van der Waals surface area contributed by atoms with Crippen LogP contribution in [0, 0.1) is 56.8 Å². The van der Waals surface area contributed by atoms with E-state index in [0.717, 1.165) is 56.6 Å². The van der Waals surface area contributed by atoms with Gasteiger partial charge >= 0.3 is 6.18 Å². The van der Waals surface area contributed by atoms with Crippen LogP contribution in [0.5, 0.6) is 0 Å². The van der Waals surface area contributed by atoms with Crippen LogP contribution in [0.1, 0.15) is 27.8 Å². The van der Waals surface area contributed by atoms with Gasteiger partial charge in [0.15, 0.2) is 23.3 Å². The Kier molecular flexibility index (Phi) is 11.2. The Hall–Kier alpha value is -8.76. The minimum atomic E-state index is -5.24. The molecule has 0 aliphatic heterocycles. The normalized spacial score (nSPS) is 12.0. The van der Waals surface area contributed by atoms with Gasteiger partial charge in [-0.1, -0.05) is 168 Å². The van der Waals surface area contributed by atoms with Crippen LogP contribution >= 0.6 is 0 Å². The van der Waals surface area contributed by atoms with E-state index in [9.17, 15) is 4.39 Å². The van der Waals surface area contributed by atoms with Crippen molar-refractivity contribution < 1.29 is 35.1 Å². The lowest BCUT2D eigenvalue weighted by Crippen LogP contribution is -2.16. The highest BCUT2D eigenvalue weighted by atomic mass is 19.4. The molecule has 0 N–H and O–H groups in total. The maximum Gasteiger partial charge on any atom is 0.420 e. The second-order valence-corrected chi connectivity index (χ2v) is 19.4. The molecular weight excluding hydrogens is 961 g/mol. The van der Waals surface area contributed by atoms with E-state index in [4.69, 9.17) is 0 Å². The topological polar surface area (TPSA) is 9.86 Å². The highest BCUT2D eigenvalue weighted by Gasteiger charge is 2.41. The van der Waals surface area contributed by atoms with Gasteiger partial charge in [-0.15, -0.1) is 0 Å². The molecule has 0 spiro atoms. The Labute approximate surface area is 426 Å². The fourth-order valence-corrected chi connectivity index (χ4v) is 10.8. The van der Waals surface area contributed by atoms with Gasteiger partial charge in [0.2, 0.25) is 5.82 Å². The Balaban J connectivity index is 1.29. The van der Waals surface area contributed by atoms with Crippen molar-refractivity contribution in [3.05, 3.63) is 239 Å². The summed E-state index contributed by atoms with van der Waals surface area (Å²) in [7, 11) is 0. The predicted molar refractivity (Wildman–Crippen MR) is 286 cm³/mol. The standard InChI is InChI=1S/C65H42F8N2/c1-35-9-5-13-39(25-35)43-17-21-48-49-22-18-44(40-14-6-10-36(2)26-40)30-53(49)74(52(48)29-43)56-33-47(58-60(66)62(68)64(70)63(69)61(58)67)34-57(59(56)65(71,72)73)75-54-31-45(41-15-7-11-37(3)27-41)19-23-50(54)51-24-20-46(32-55(51)75)42-16-8-12-38(4)28-42/h5-34H,1-4H3. The van der Waals surface area contributed by atoms with E-state index in [2.05, 4.69) is 0 Å². The minimum Gasteiger partial charge on any atom is -0.308 e. The average Bonchev–Trinajstić information content (AvgIpc) is 3.96. The van der Waals surface area contributed by atoms with E-state index in [1.165, 1.54) is 9.13 Å². The highest BCUT2D eigenvalue weighted by molar-refractivity contribution is 6.13. The SMILES string of the molecule is Cc1cccc(-c2ccc3c4ccc(-c5cccc(C)c5)cc4n(-c4cc(-c5c(F)c(F)c(F)c(F)c5F)cc(-n5c6cc(-c7cccc(C)c7)ccc6c6ccc(-c7cccc(C)c7)cc65)c4C(F)(F)F)c3c2)c1. The second kappa shape index (κ2) is 17.7. The fourth-order valence-electron chi connectivity index (χ4n) is 10.8. The van der Waals surface area contributed by atoms with Gasteiger partial charge in [0, 0.05) is 21.5 Å². The average molecular weight is 1000 g/mol. The molecule has 12 rings (SSSR count). The summed E-state index contributed by atoms with van der Waals surface area (Å²) in [5.41, 5.74) is 6.19. The van der Waals surface area contributed by atoms with E-state index < -0.39 is 63.3 Å². The van der Waals surface area contributed by atoms with Crippen LogP contribution in [0.15, 0.2) is 182 Å². The molecule has 12 aromatic rings. The number of aromatic nitrogens is 2.